The molecule has 4 rings (SSSR count). The summed E-state index contributed by atoms with van der Waals surface area (Å²) in [6, 6.07) is 6.99. The molecule has 0 spiro atoms. The fourth-order valence-electron chi connectivity index (χ4n) is 2.84. The van der Waals surface area contributed by atoms with Crippen molar-refractivity contribution >= 4 is 0 Å². The lowest BCUT2D eigenvalue weighted by atomic mass is 10.0. The van der Waals surface area contributed by atoms with Crippen molar-refractivity contribution in [3.63, 3.8) is 0 Å². The lowest BCUT2D eigenvalue weighted by molar-refractivity contribution is -0.137. The number of nitrogens with zero attached hydrogens (tertiary/aromatic N) is 3. The van der Waals surface area contributed by atoms with Gasteiger partial charge in [0.05, 0.1) is 17.7 Å². The second kappa shape index (κ2) is 6.44. The van der Waals surface area contributed by atoms with Crippen LogP contribution in [0.5, 0.6) is 5.75 Å². The van der Waals surface area contributed by atoms with Crippen LogP contribution < -0.4 is 4.74 Å². The zero-order chi connectivity index (χ0) is 18.1. The van der Waals surface area contributed by atoms with Crippen LogP contribution in [0.25, 0.3) is 11.5 Å². The molecule has 1 aliphatic heterocycles. The van der Waals surface area contributed by atoms with Crippen LogP contribution >= 0.6 is 0 Å². The summed E-state index contributed by atoms with van der Waals surface area (Å²) in [6.45, 7) is 0.706. The summed E-state index contributed by atoms with van der Waals surface area (Å²) in [6.07, 6.45) is -0.310. The van der Waals surface area contributed by atoms with Gasteiger partial charge in [-0.05, 0) is 29.7 Å². The van der Waals surface area contributed by atoms with Crippen LogP contribution in [0.2, 0.25) is 0 Å². The first-order chi connectivity index (χ1) is 12.5. The molecular weight excluding hydrogens is 347 g/mol. The predicted molar refractivity (Wildman–Crippen MR) is 85.6 cm³/mol. The molecule has 0 N–H and O–H groups in total. The van der Waals surface area contributed by atoms with E-state index < -0.39 is 11.7 Å². The van der Waals surface area contributed by atoms with Gasteiger partial charge in [-0.1, -0.05) is 17.3 Å². The van der Waals surface area contributed by atoms with E-state index in [1.807, 2.05) is 12.1 Å². The molecule has 0 amide bonds. The fraction of sp³-hybridized carbons (Fsp3) is 0.278. The van der Waals surface area contributed by atoms with Gasteiger partial charge in [-0.2, -0.15) is 18.2 Å². The minimum absolute atomic E-state index is 0.0287. The normalized spacial score (nSPS) is 13.5. The van der Waals surface area contributed by atoms with Gasteiger partial charge in [0.25, 0.3) is 5.89 Å². The Morgan fingerprint density at radius 3 is 2.81 bits per heavy atom. The lowest BCUT2D eigenvalue weighted by Crippen LogP contribution is -2.05. The topological polar surface area (TPSA) is 61.0 Å². The Balaban J connectivity index is 1.47. The summed E-state index contributed by atoms with van der Waals surface area (Å²) < 4.78 is 48.9. The van der Waals surface area contributed by atoms with Gasteiger partial charge in [0.2, 0.25) is 0 Å². The summed E-state index contributed by atoms with van der Waals surface area (Å²) in [5.41, 5.74) is 1.61. The molecule has 0 aliphatic carbocycles. The minimum Gasteiger partial charge on any atom is -0.493 e. The Morgan fingerprint density at radius 1 is 1.08 bits per heavy atom. The number of halogens is 3. The van der Waals surface area contributed by atoms with Gasteiger partial charge in [-0.15, -0.1) is 0 Å². The van der Waals surface area contributed by atoms with Gasteiger partial charge in [0.15, 0.2) is 5.82 Å². The average Bonchev–Trinajstić information content (AvgIpc) is 3.28. The Bertz CT molecular complexity index is 937. The maximum Gasteiger partial charge on any atom is 0.417 e. The number of aromatic nitrogens is 3. The molecule has 0 atom stereocenters. The van der Waals surface area contributed by atoms with E-state index in [1.165, 1.54) is 11.8 Å². The van der Waals surface area contributed by atoms with Gasteiger partial charge in [0.1, 0.15) is 5.75 Å². The van der Waals surface area contributed by atoms with Crippen LogP contribution in [-0.2, 0) is 25.4 Å². The van der Waals surface area contributed by atoms with Crippen molar-refractivity contribution in [2.75, 3.05) is 6.61 Å². The summed E-state index contributed by atoms with van der Waals surface area (Å²) in [5, 5.41) is 3.85. The molecule has 1 aliphatic rings. The number of hydrogen-bond donors (Lipinski definition) is 0. The third-order valence-corrected chi connectivity index (χ3v) is 4.17. The quantitative estimate of drug-likeness (QED) is 0.706. The van der Waals surface area contributed by atoms with E-state index >= 15 is 0 Å². The number of alkyl halides is 3. The molecule has 0 bridgehead atoms. The number of benzene rings is 1. The zero-order valence-electron chi connectivity index (χ0n) is 13.6. The summed E-state index contributed by atoms with van der Waals surface area (Å²) in [7, 11) is 0. The molecule has 0 saturated carbocycles. The van der Waals surface area contributed by atoms with E-state index in [1.54, 1.807) is 0 Å². The Labute approximate surface area is 146 Å². The van der Waals surface area contributed by atoms with Gasteiger partial charge in [-0.25, -0.2) is 0 Å². The highest BCUT2D eigenvalue weighted by Gasteiger charge is 2.31. The van der Waals surface area contributed by atoms with Gasteiger partial charge in [0, 0.05) is 25.2 Å². The van der Waals surface area contributed by atoms with E-state index in [2.05, 4.69) is 21.2 Å². The SMILES string of the molecule is FC(F)(F)c1cncc(-c2nc(CCc3ccc4c(c3)CCO4)no2)c1. The Morgan fingerprint density at radius 2 is 1.96 bits per heavy atom. The number of aryl methyl sites for hydroxylation is 2. The van der Waals surface area contributed by atoms with Crippen molar-refractivity contribution in [2.24, 2.45) is 0 Å². The lowest BCUT2D eigenvalue weighted by Gasteiger charge is -2.05. The van der Waals surface area contributed by atoms with Crippen LogP contribution in [0.3, 0.4) is 0 Å². The Hall–Kier alpha value is -2.90. The first-order valence-electron chi connectivity index (χ1n) is 8.09. The van der Waals surface area contributed by atoms with Crippen molar-refractivity contribution in [1.29, 1.82) is 0 Å². The molecule has 1 aromatic carbocycles. The summed E-state index contributed by atoms with van der Waals surface area (Å²) in [4.78, 5) is 7.79. The molecular formula is C18H14F3N3O2. The number of hydrogen-bond acceptors (Lipinski definition) is 5. The highest BCUT2D eigenvalue weighted by atomic mass is 19.4. The van der Waals surface area contributed by atoms with E-state index in [4.69, 9.17) is 9.26 Å². The summed E-state index contributed by atoms with van der Waals surface area (Å²) >= 11 is 0. The number of fused-ring (bicyclic) bond motifs is 1. The number of pyridine rings is 1. The Kier molecular flexibility index (Phi) is 4.10. The van der Waals surface area contributed by atoms with Gasteiger partial charge < -0.3 is 9.26 Å². The second-order valence-corrected chi connectivity index (χ2v) is 6.02. The van der Waals surface area contributed by atoms with Crippen molar-refractivity contribution in [3.05, 3.63) is 59.2 Å². The van der Waals surface area contributed by atoms with E-state index in [0.29, 0.717) is 25.3 Å². The molecule has 8 heteroatoms. The van der Waals surface area contributed by atoms with Crippen molar-refractivity contribution < 1.29 is 22.4 Å². The van der Waals surface area contributed by atoms with E-state index in [9.17, 15) is 13.2 Å². The fourth-order valence-corrected chi connectivity index (χ4v) is 2.84. The van der Waals surface area contributed by atoms with E-state index in [0.717, 1.165) is 30.0 Å². The maximum atomic E-state index is 12.8. The third kappa shape index (κ3) is 3.40. The third-order valence-electron chi connectivity index (χ3n) is 4.17. The van der Waals surface area contributed by atoms with Crippen molar-refractivity contribution in [3.8, 4) is 17.2 Å². The molecule has 0 saturated heterocycles. The smallest absolute Gasteiger partial charge is 0.417 e. The van der Waals surface area contributed by atoms with Crippen LogP contribution in [0.4, 0.5) is 13.2 Å². The maximum absolute atomic E-state index is 12.8. The molecule has 5 nitrogen and oxygen atoms in total. The van der Waals surface area contributed by atoms with Crippen LogP contribution in [-0.4, -0.2) is 21.7 Å². The summed E-state index contributed by atoms with van der Waals surface area (Å²) in [5.74, 6) is 1.39. The van der Waals surface area contributed by atoms with Gasteiger partial charge >= 0.3 is 6.18 Å². The molecule has 0 fully saturated rings. The molecule has 134 valence electrons. The standard InChI is InChI=1S/C18H14F3N3O2/c19-18(20,21)14-8-13(9-22-10-14)17-23-16(24-26-17)4-2-11-1-3-15-12(7-11)5-6-25-15/h1,3,7-10H,2,4-6H2. The van der Waals surface area contributed by atoms with Crippen LogP contribution in [0.15, 0.2) is 41.2 Å². The second-order valence-electron chi connectivity index (χ2n) is 6.02. The highest BCUT2D eigenvalue weighted by Crippen LogP contribution is 2.31. The first kappa shape index (κ1) is 16.6. The molecule has 26 heavy (non-hydrogen) atoms. The molecule has 0 radical (unpaired) electrons. The van der Waals surface area contributed by atoms with Crippen molar-refractivity contribution in [2.45, 2.75) is 25.4 Å². The van der Waals surface area contributed by atoms with Crippen LogP contribution in [0, 0.1) is 0 Å². The zero-order valence-corrected chi connectivity index (χ0v) is 13.6. The van der Waals surface area contributed by atoms with Gasteiger partial charge in [-0.3, -0.25) is 4.98 Å². The molecule has 2 aromatic heterocycles. The predicted octanol–water partition coefficient (Wildman–Crippen LogP) is 3.87. The largest absolute Gasteiger partial charge is 0.493 e. The average molecular weight is 361 g/mol. The van der Waals surface area contributed by atoms with Crippen LogP contribution in [0.1, 0.15) is 22.5 Å². The van der Waals surface area contributed by atoms with Crippen molar-refractivity contribution in [1.82, 2.24) is 15.1 Å². The highest BCUT2D eigenvalue weighted by molar-refractivity contribution is 5.52. The minimum atomic E-state index is -4.47. The monoisotopic (exact) mass is 361 g/mol. The van der Waals surface area contributed by atoms with E-state index in [-0.39, 0.29) is 11.5 Å². The molecule has 0 unspecified atom stereocenters. The number of rotatable bonds is 4. The molecule has 3 aromatic rings. The number of ether oxygens (including phenoxy) is 1. The first-order valence-corrected chi connectivity index (χ1v) is 8.09. The molecule has 3 heterocycles.